The van der Waals surface area contributed by atoms with Gasteiger partial charge in [0.25, 0.3) is 0 Å². The van der Waals surface area contributed by atoms with Gasteiger partial charge in [-0.1, -0.05) is 25.1 Å². The lowest BCUT2D eigenvalue weighted by atomic mass is 9.96. The second-order valence-electron chi connectivity index (χ2n) is 5.61. The van der Waals surface area contributed by atoms with Crippen LogP contribution in [0.4, 0.5) is 0 Å². The van der Waals surface area contributed by atoms with Crippen LogP contribution in [-0.2, 0) is 13.5 Å². The predicted octanol–water partition coefficient (Wildman–Crippen LogP) is 2.75. The highest BCUT2D eigenvalue weighted by atomic mass is 16.5. The number of nitrogens with zero attached hydrogens (tertiary/aromatic N) is 2. The van der Waals surface area contributed by atoms with E-state index in [1.807, 2.05) is 18.7 Å². The second kappa shape index (κ2) is 5.90. The van der Waals surface area contributed by atoms with Gasteiger partial charge in [-0.3, -0.25) is 4.68 Å². The van der Waals surface area contributed by atoms with Gasteiger partial charge in [0.1, 0.15) is 5.75 Å². The summed E-state index contributed by atoms with van der Waals surface area (Å²) in [7, 11) is 2.00. The van der Waals surface area contributed by atoms with Crippen molar-refractivity contribution in [2.24, 2.45) is 7.05 Å². The van der Waals surface area contributed by atoms with E-state index >= 15 is 0 Å². The molecule has 2 heterocycles. The molecular weight excluding hydrogens is 262 g/mol. The minimum absolute atomic E-state index is 0.120. The predicted molar refractivity (Wildman–Crippen MR) is 83.7 cm³/mol. The third-order valence-electron chi connectivity index (χ3n) is 4.02. The van der Waals surface area contributed by atoms with E-state index < -0.39 is 0 Å². The molecule has 1 N–H and O–H groups in total. The first-order valence-corrected chi connectivity index (χ1v) is 7.69. The molecule has 4 heteroatoms. The Morgan fingerprint density at radius 1 is 1.43 bits per heavy atom. The summed E-state index contributed by atoms with van der Waals surface area (Å²) >= 11 is 0. The summed E-state index contributed by atoms with van der Waals surface area (Å²) in [5.41, 5.74) is 4.76. The number of fused-ring (bicyclic) bond motifs is 1. The van der Waals surface area contributed by atoms with Crippen LogP contribution in [0, 0.1) is 6.92 Å². The van der Waals surface area contributed by atoms with E-state index in [0.717, 1.165) is 37.4 Å². The Balaban J connectivity index is 2.07. The molecule has 0 bridgehead atoms. The van der Waals surface area contributed by atoms with Crippen molar-refractivity contribution < 1.29 is 4.74 Å². The average Bonchev–Trinajstić information content (AvgIpc) is 2.83. The fraction of sp³-hybridized carbons (Fsp3) is 0.471. The molecule has 112 valence electrons. The monoisotopic (exact) mass is 285 g/mol. The summed E-state index contributed by atoms with van der Waals surface area (Å²) in [6, 6.07) is 8.75. The molecule has 0 aliphatic carbocycles. The van der Waals surface area contributed by atoms with Crippen molar-refractivity contribution >= 4 is 0 Å². The maximum Gasteiger partial charge on any atom is 0.127 e. The molecule has 2 aromatic rings. The molecule has 0 fully saturated rings. The zero-order valence-corrected chi connectivity index (χ0v) is 13.0. The van der Waals surface area contributed by atoms with Crippen LogP contribution in [0.1, 0.15) is 41.9 Å². The second-order valence-corrected chi connectivity index (χ2v) is 5.61. The van der Waals surface area contributed by atoms with Crippen LogP contribution in [0.3, 0.4) is 0 Å². The van der Waals surface area contributed by atoms with Gasteiger partial charge < -0.3 is 10.1 Å². The van der Waals surface area contributed by atoms with E-state index in [2.05, 4.69) is 41.6 Å². The van der Waals surface area contributed by atoms with Gasteiger partial charge in [-0.2, -0.15) is 5.10 Å². The minimum Gasteiger partial charge on any atom is -0.493 e. The highest BCUT2D eigenvalue weighted by Gasteiger charge is 2.24. The van der Waals surface area contributed by atoms with Gasteiger partial charge in [0.2, 0.25) is 0 Å². The Morgan fingerprint density at radius 2 is 2.29 bits per heavy atom. The first-order chi connectivity index (χ1) is 10.2. The van der Waals surface area contributed by atoms with Gasteiger partial charge in [-0.15, -0.1) is 0 Å². The van der Waals surface area contributed by atoms with Crippen LogP contribution in [0.25, 0.3) is 0 Å². The fourth-order valence-corrected chi connectivity index (χ4v) is 3.12. The highest BCUT2D eigenvalue weighted by molar-refractivity contribution is 5.47. The fourth-order valence-electron chi connectivity index (χ4n) is 3.12. The van der Waals surface area contributed by atoms with Crippen LogP contribution < -0.4 is 10.1 Å². The van der Waals surface area contributed by atoms with E-state index in [4.69, 9.17) is 4.74 Å². The minimum atomic E-state index is 0.120. The topological polar surface area (TPSA) is 39.1 Å². The van der Waals surface area contributed by atoms with Crippen molar-refractivity contribution in [3.8, 4) is 5.75 Å². The zero-order valence-electron chi connectivity index (χ0n) is 13.0. The number of para-hydroxylation sites is 1. The van der Waals surface area contributed by atoms with Crippen LogP contribution in [-0.4, -0.2) is 22.9 Å². The van der Waals surface area contributed by atoms with E-state index in [1.165, 1.54) is 16.8 Å². The summed E-state index contributed by atoms with van der Waals surface area (Å²) in [4.78, 5) is 0. The van der Waals surface area contributed by atoms with Gasteiger partial charge in [0, 0.05) is 12.6 Å². The average molecular weight is 285 g/mol. The molecule has 0 saturated carbocycles. The van der Waals surface area contributed by atoms with Crippen molar-refractivity contribution in [2.75, 3.05) is 13.2 Å². The first kappa shape index (κ1) is 14.1. The lowest BCUT2D eigenvalue weighted by Gasteiger charge is -2.25. The molecule has 1 unspecified atom stereocenters. The van der Waals surface area contributed by atoms with Crippen molar-refractivity contribution in [1.82, 2.24) is 15.1 Å². The zero-order chi connectivity index (χ0) is 14.8. The number of benzene rings is 1. The molecule has 1 aliphatic heterocycles. The van der Waals surface area contributed by atoms with Gasteiger partial charge in [0.05, 0.1) is 24.0 Å². The maximum absolute atomic E-state index is 5.98. The number of ether oxygens (including phenoxy) is 1. The van der Waals surface area contributed by atoms with Gasteiger partial charge in [-0.05, 0) is 37.9 Å². The number of aromatic nitrogens is 2. The summed E-state index contributed by atoms with van der Waals surface area (Å²) in [5, 5.41) is 8.07. The lowest BCUT2D eigenvalue weighted by Crippen LogP contribution is -2.25. The van der Waals surface area contributed by atoms with Crippen molar-refractivity contribution in [1.29, 1.82) is 0 Å². The lowest BCUT2D eigenvalue weighted by molar-refractivity contribution is 0.282. The van der Waals surface area contributed by atoms with E-state index in [1.54, 1.807) is 0 Å². The third-order valence-corrected chi connectivity index (χ3v) is 4.02. The molecule has 0 spiro atoms. The first-order valence-electron chi connectivity index (χ1n) is 7.69. The Morgan fingerprint density at radius 3 is 3.00 bits per heavy atom. The number of nitrogens with one attached hydrogen (secondary N) is 1. The Labute approximate surface area is 126 Å². The Bertz CT molecular complexity index is 633. The van der Waals surface area contributed by atoms with Gasteiger partial charge in [0.15, 0.2) is 0 Å². The highest BCUT2D eigenvalue weighted by Crippen LogP contribution is 2.35. The van der Waals surface area contributed by atoms with Crippen LogP contribution in [0.5, 0.6) is 5.75 Å². The molecule has 0 saturated heterocycles. The summed E-state index contributed by atoms with van der Waals surface area (Å²) < 4.78 is 7.94. The Kier molecular flexibility index (Phi) is 3.97. The van der Waals surface area contributed by atoms with Crippen LogP contribution >= 0.6 is 0 Å². The number of hydrogen-bond donors (Lipinski definition) is 1. The number of hydrogen-bond acceptors (Lipinski definition) is 3. The van der Waals surface area contributed by atoms with E-state index in [-0.39, 0.29) is 6.04 Å². The molecule has 1 aliphatic rings. The SMILES string of the molecule is CCNC(c1cccc2c1OCCC2)c1cc(C)nn1C. The molecular formula is C17H23N3O. The third kappa shape index (κ3) is 2.68. The van der Waals surface area contributed by atoms with Crippen molar-refractivity contribution in [3.63, 3.8) is 0 Å². The molecule has 0 radical (unpaired) electrons. The summed E-state index contributed by atoms with van der Waals surface area (Å²) in [6.45, 7) is 5.88. The number of rotatable bonds is 4. The quantitative estimate of drug-likeness (QED) is 0.939. The summed E-state index contributed by atoms with van der Waals surface area (Å²) in [5.74, 6) is 1.06. The molecule has 3 rings (SSSR count). The van der Waals surface area contributed by atoms with Crippen molar-refractivity contribution in [2.45, 2.75) is 32.7 Å². The molecule has 0 amide bonds. The molecule has 1 aromatic carbocycles. The normalized spacial score (nSPS) is 15.4. The van der Waals surface area contributed by atoms with E-state index in [0.29, 0.717) is 0 Å². The molecule has 21 heavy (non-hydrogen) atoms. The molecule has 1 atom stereocenters. The van der Waals surface area contributed by atoms with Gasteiger partial charge >= 0.3 is 0 Å². The van der Waals surface area contributed by atoms with Gasteiger partial charge in [-0.25, -0.2) is 0 Å². The largest absolute Gasteiger partial charge is 0.493 e. The summed E-state index contributed by atoms with van der Waals surface area (Å²) in [6.07, 6.45) is 2.21. The molecule has 4 nitrogen and oxygen atoms in total. The van der Waals surface area contributed by atoms with Crippen molar-refractivity contribution in [3.05, 3.63) is 46.8 Å². The number of aryl methyl sites for hydroxylation is 3. The Hall–Kier alpha value is -1.81. The van der Waals surface area contributed by atoms with E-state index in [9.17, 15) is 0 Å². The molecule has 1 aromatic heterocycles. The van der Waals surface area contributed by atoms with Crippen LogP contribution in [0.15, 0.2) is 24.3 Å². The maximum atomic E-state index is 5.98. The van der Waals surface area contributed by atoms with Crippen LogP contribution in [0.2, 0.25) is 0 Å². The smallest absolute Gasteiger partial charge is 0.127 e. The standard InChI is InChI=1S/C17H23N3O/c1-4-18-16(15-11-12(2)19-20(15)3)14-9-5-7-13-8-6-10-21-17(13)14/h5,7,9,11,16,18H,4,6,8,10H2,1-3H3.